The van der Waals surface area contributed by atoms with Crippen molar-refractivity contribution in [3.63, 3.8) is 0 Å². The van der Waals surface area contributed by atoms with Gasteiger partial charge in [-0.25, -0.2) is 0 Å². The summed E-state index contributed by atoms with van der Waals surface area (Å²) in [7, 11) is 0. The van der Waals surface area contributed by atoms with Crippen molar-refractivity contribution >= 4 is 17.5 Å². The van der Waals surface area contributed by atoms with Gasteiger partial charge in [0.15, 0.2) is 0 Å². The van der Waals surface area contributed by atoms with Crippen LogP contribution >= 0.6 is 0 Å². The van der Waals surface area contributed by atoms with E-state index in [1.807, 2.05) is 42.5 Å². The molecule has 0 atom stereocenters. The van der Waals surface area contributed by atoms with Gasteiger partial charge in [-0.05, 0) is 41.8 Å². The number of hydrogen-bond donors (Lipinski definition) is 1. The lowest BCUT2D eigenvalue weighted by Crippen LogP contribution is -2.32. The van der Waals surface area contributed by atoms with Gasteiger partial charge in [-0.15, -0.1) is 0 Å². The molecule has 0 saturated heterocycles. The Kier molecular flexibility index (Phi) is 6.91. The molecule has 0 aliphatic heterocycles. The van der Waals surface area contributed by atoms with Crippen LogP contribution in [0.4, 0.5) is 5.69 Å². The minimum atomic E-state index is -0.181. The monoisotopic (exact) mass is 402 g/mol. The third kappa shape index (κ3) is 5.50. The fourth-order valence-corrected chi connectivity index (χ4v) is 3.08. The Labute approximate surface area is 177 Å². The van der Waals surface area contributed by atoms with Crippen molar-refractivity contribution in [1.29, 1.82) is 0 Å². The first-order chi connectivity index (χ1) is 14.4. The SMILES string of the molecule is CC(=O)N(CC(C)C)c1ccc(-c2ccc(C(=O)NCc3cccnc3)cn2)cc1. The number of anilines is 1. The molecule has 3 aromatic rings. The molecule has 2 heterocycles. The molecule has 1 aromatic carbocycles. The van der Waals surface area contributed by atoms with Gasteiger partial charge in [0.1, 0.15) is 0 Å². The van der Waals surface area contributed by atoms with Crippen LogP contribution in [0.25, 0.3) is 11.3 Å². The Bertz CT molecular complexity index is 984. The molecule has 30 heavy (non-hydrogen) atoms. The largest absolute Gasteiger partial charge is 0.348 e. The molecule has 0 saturated carbocycles. The smallest absolute Gasteiger partial charge is 0.253 e. The first kappa shape index (κ1) is 21.2. The summed E-state index contributed by atoms with van der Waals surface area (Å²) in [5, 5.41) is 2.86. The first-order valence-electron chi connectivity index (χ1n) is 9.95. The molecule has 0 aliphatic carbocycles. The van der Waals surface area contributed by atoms with Crippen molar-refractivity contribution in [2.24, 2.45) is 5.92 Å². The summed E-state index contributed by atoms with van der Waals surface area (Å²) in [5.41, 5.74) is 4.00. The Hall–Kier alpha value is -3.54. The van der Waals surface area contributed by atoms with Gasteiger partial charge in [0.25, 0.3) is 5.91 Å². The normalized spacial score (nSPS) is 10.7. The maximum Gasteiger partial charge on any atom is 0.253 e. The standard InChI is InChI=1S/C24H26N4O2/c1-17(2)16-28(18(3)29)22-9-6-20(7-10-22)23-11-8-21(15-26-23)24(30)27-14-19-5-4-12-25-13-19/h4-13,15,17H,14,16H2,1-3H3,(H,27,30). The fourth-order valence-electron chi connectivity index (χ4n) is 3.08. The molecular formula is C24H26N4O2. The first-order valence-corrected chi connectivity index (χ1v) is 9.95. The van der Waals surface area contributed by atoms with Gasteiger partial charge >= 0.3 is 0 Å². The van der Waals surface area contributed by atoms with Crippen LogP contribution in [0.15, 0.2) is 67.1 Å². The maximum absolute atomic E-state index is 12.3. The van der Waals surface area contributed by atoms with Crippen LogP contribution in [-0.4, -0.2) is 28.3 Å². The minimum Gasteiger partial charge on any atom is -0.348 e. The molecule has 154 valence electrons. The van der Waals surface area contributed by atoms with Crippen molar-refractivity contribution in [3.05, 3.63) is 78.2 Å². The molecule has 6 nitrogen and oxygen atoms in total. The molecule has 0 bridgehead atoms. The molecule has 1 N–H and O–H groups in total. The van der Waals surface area contributed by atoms with Gasteiger partial charge < -0.3 is 10.2 Å². The van der Waals surface area contributed by atoms with Crippen molar-refractivity contribution in [2.45, 2.75) is 27.3 Å². The lowest BCUT2D eigenvalue weighted by molar-refractivity contribution is -0.116. The maximum atomic E-state index is 12.3. The second-order valence-corrected chi connectivity index (χ2v) is 7.55. The van der Waals surface area contributed by atoms with Crippen LogP contribution < -0.4 is 10.2 Å². The minimum absolute atomic E-state index is 0.0243. The molecule has 0 fully saturated rings. The van der Waals surface area contributed by atoms with Gasteiger partial charge in [-0.2, -0.15) is 0 Å². The zero-order chi connectivity index (χ0) is 21.5. The lowest BCUT2D eigenvalue weighted by atomic mass is 10.1. The van der Waals surface area contributed by atoms with Crippen LogP contribution in [0.5, 0.6) is 0 Å². The van der Waals surface area contributed by atoms with Crippen molar-refractivity contribution < 1.29 is 9.59 Å². The quantitative estimate of drug-likeness (QED) is 0.646. The molecule has 6 heteroatoms. The summed E-state index contributed by atoms with van der Waals surface area (Å²) in [6.45, 7) is 6.84. The number of nitrogens with zero attached hydrogens (tertiary/aromatic N) is 3. The van der Waals surface area contributed by atoms with Crippen LogP contribution in [0.1, 0.15) is 36.7 Å². The number of hydrogen-bond acceptors (Lipinski definition) is 4. The predicted octanol–water partition coefficient (Wildman–Crippen LogP) is 4.08. The molecule has 2 amide bonds. The van der Waals surface area contributed by atoms with Crippen molar-refractivity contribution in [3.8, 4) is 11.3 Å². The number of benzene rings is 1. The highest BCUT2D eigenvalue weighted by molar-refractivity contribution is 5.94. The Morgan fingerprint density at radius 2 is 1.80 bits per heavy atom. The van der Waals surface area contributed by atoms with Crippen molar-refractivity contribution in [1.82, 2.24) is 15.3 Å². The van der Waals surface area contributed by atoms with Crippen LogP contribution in [0.3, 0.4) is 0 Å². The van der Waals surface area contributed by atoms with E-state index in [2.05, 4.69) is 29.1 Å². The van der Waals surface area contributed by atoms with Gasteiger partial charge in [-0.3, -0.25) is 19.6 Å². The molecule has 0 spiro atoms. The molecule has 0 unspecified atom stereocenters. The summed E-state index contributed by atoms with van der Waals surface area (Å²) >= 11 is 0. The summed E-state index contributed by atoms with van der Waals surface area (Å²) in [6.07, 6.45) is 4.99. The molecule has 2 aromatic heterocycles. The van der Waals surface area contributed by atoms with E-state index in [4.69, 9.17) is 0 Å². The number of nitrogens with one attached hydrogen (secondary N) is 1. The van der Waals surface area contributed by atoms with Crippen molar-refractivity contribution in [2.75, 3.05) is 11.4 Å². The highest BCUT2D eigenvalue weighted by Crippen LogP contribution is 2.23. The average molecular weight is 402 g/mol. The van der Waals surface area contributed by atoms with E-state index < -0.39 is 0 Å². The summed E-state index contributed by atoms with van der Waals surface area (Å²) < 4.78 is 0. The molecule has 0 aliphatic rings. The number of carbonyl (C=O) groups is 2. The number of amides is 2. The van der Waals surface area contributed by atoms with E-state index in [1.165, 1.54) is 0 Å². The van der Waals surface area contributed by atoms with Gasteiger partial charge in [0.2, 0.25) is 5.91 Å². The Morgan fingerprint density at radius 1 is 1.03 bits per heavy atom. The summed E-state index contributed by atoms with van der Waals surface area (Å²) in [4.78, 5) is 34.5. The number of pyridine rings is 2. The lowest BCUT2D eigenvalue weighted by Gasteiger charge is -2.23. The van der Waals surface area contributed by atoms with Gasteiger partial charge in [-0.1, -0.05) is 32.0 Å². The zero-order valence-electron chi connectivity index (χ0n) is 17.5. The number of rotatable bonds is 7. The summed E-state index contributed by atoms with van der Waals surface area (Å²) in [6, 6.07) is 15.1. The number of carbonyl (C=O) groups excluding carboxylic acids is 2. The number of aromatic nitrogens is 2. The van der Waals surface area contributed by atoms with E-state index in [9.17, 15) is 9.59 Å². The van der Waals surface area contributed by atoms with Gasteiger partial charge in [0.05, 0.1) is 11.3 Å². The second kappa shape index (κ2) is 9.78. The zero-order valence-corrected chi connectivity index (χ0v) is 17.5. The van der Waals surface area contributed by atoms with Crippen LogP contribution in [0.2, 0.25) is 0 Å². The molecule has 0 radical (unpaired) electrons. The molecular weight excluding hydrogens is 376 g/mol. The van der Waals surface area contributed by atoms with E-state index >= 15 is 0 Å². The van der Waals surface area contributed by atoms with Crippen LogP contribution in [-0.2, 0) is 11.3 Å². The topological polar surface area (TPSA) is 75.2 Å². The molecule has 3 rings (SSSR count). The average Bonchev–Trinajstić information content (AvgIpc) is 2.76. The van der Waals surface area contributed by atoms with E-state index in [0.29, 0.717) is 24.6 Å². The summed E-state index contributed by atoms with van der Waals surface area (Å²) in [5.74, 6) is 0.224. The van der Waals surface area contributed by atoms with Crippen LogP contribution in [0, 0.1) is 5.92 Å². The van der Waals surface area contributed by atoms with Gasteiger partial charge in [0, 0.05) is 49.9 Å². The highest BCUT2D eigenvalue weighted by Gasteiger charge is 2.13. The third-order valence-corrected chi connectivity index (χ3v) is 4.60. The van der Waals surface area contributed by atoms with E-state index in [1.54, 1.807) is 36.5 Å². The highest BCUT2D eigenvalue weighted by atomic mass is 16.2. The second-order valence-electron chi connectivity index (χ2n) is 7.55. The Morgan fingerprint density at radius 3 is 2.37 bits per heavy atom. The third-order valence-electron chi connectivity index (χ3n) is 4.60. The fraction of sp³-hybridized carbons (Fsp3) is 0.250. The predicted molar refractivity (Wildman–Crippen MR) is 118 cm³/mol. The van der Waals surface area contributed by atoms with E-state index in [-0.39, 0.29) is 11.8 Å². The Balaban J connectivity index is 1.67. The van der Waals surface area contributed by atoms with E-state index in [0.717, 1.165) is 22.5 Å².